The molecule has 3 rings (SSSR count). The first-order valence-corrected chi connectivity index (χ1v) is 11.8. The second kappa shape index (κ2) is 12.2. The number of halogens is 2. The van der Waals surface area contributed by atoms with Crippen LogP contribution in [0.1, 0.15) is 36.6 Å². The third-order valence-electron chi connectivity index (χ3n) is 4.93. The molecule has 0 bridgehead atoms. The lowest BCUT2D eigenvalue weighted by Crippen LogP contribution is -2.27. The van der Waals surface area contributed by atoms with Crippen LogP contribution in [0.25, 0.3) is 6.08 Å². The average molecular weight is 570 g/mol. The first-order chi connectivity index (χ1) is 16.4. The van der Waals surface area contributed by atoms with Crippen molar-refractivity contribution in [3.63, 3.8) is 0 Å². The van der Waals surface area contributed by atoms with E-state index in [0.717, 1.165) is 9.13 Å². The molecule has 174 valence electrons. The Morgan fingerprint density at radius 2 is 1.91 bits per heavy atom. The van der Waals surface area contributed by atoms with E-state index in [1.165, 1.54) is 18.2 Å². The van der Waals surface area contributed by atoms with E-state index in [2.05, 4.69) is 27.9 Å². The van der Waals surface area contributed by atoms with E-state index < -0.39 is 5.91 Å². The molecule has 1 atom stereocenters. The van der Waals surface area contributed by atoms with E-state index in [0.29, 0.717) is 29.2 Å². The van der Waals surface area contributed by atoms with E-state index in [1.54, 1.807) is 24.3 Å². The highest BCUT2D eigenvalue weighted by Crippen LogP contribution is 2.35. The number of nitrogens with zero attached hydrogens (tertiary/aromatic N) is 1. The molecule has 0 spiro atoms. The van der Waals surface area contributed by atoms with Crippen LogP contribution in [0.3, 0.4) is 0 Å². The molecule has 7 heteroatoms. The van der Waals surface area contributed by atoms with Crippen LogP contribution in [0.15, 0.2) is 72.3 Å². The minimum absolute atomic E-state index is 0.0190. The van der Waals surface area contributed by atoms with Gasteiger partial charge < -0.3 is 14.8 Å². The lowest BCUT2D eigenvalue weighted by atomic mass is 10.1. The molecule has 0 unspecified atom stereocenters. The van der Waals surface area contributed by atoms with Gasteiger partial charge in [0.05, 0.1) is 16.2 Å². The summed E-state index contributed by atoms with van der Waals surface area (Å²) in [5, 5.41) is 12.5. The SMILES string of the molecule is CCOc1cc(/C=C(/C#N)C(=O)N[C@@H](C)c2ccccc2)cc(I)c1OCc1cccc(F)c1. The van der Waals surface area contributed by atoms with Crippen LogP contribution in [0.5, 0.6) is 11.5 Å². The molecule has 3 aromatic rings. The van der Waals surface area contributed by atoms with Crippen molar-refractivity contribution in [1.29, 1.82) is 5.26 Å². The third kappa shape index (κ3) is 6.81. The molecule has 0 saturated heterocycles. The highest BCUT2D eigenvalue weighted by molar-refractivity contribution is 14.1. The Morgan fingerprint density at radius 1 is 1.15 bits per heavy atom. The molecular formula is C27H24FIN2O3. The first kappa shape index (κ1) is 25.2. The fraction of sp³-hybridized carbons (Fsp3) is 0.185. The van der Waals surface area contributed by atoms with E-state index in [1.807, 2.05) is 50.2 Å². The van der Waals surface area contributed by atoms with Crippen molar-refractivity contribution in [2.24, 2.45) is 0 Å². The van der Waals surface area contributed by atoms with E-state index in [9.17, 15) is 14.4 Å². The molecule has 0 aliphatic carbocycles. The molecule has 0 aliphatic rings. The molecule has 3 aromatic carbocycles. The number of amides is 1. The monoisotopic (exact) mass is 570 g/mol. The van der Waals surface area contributed by atoms with Gasteiger partial charge in [-0.15, -0.1) is 0 Å². The molecule has 0 fully saturated rings. The van der Waals surface area contributed by atoms with Gasteiger partial charge in [0, 0.05) is 0 Å². The fourth-order valence-corrected chi connectivity index (χ4v) is 4.05. The molecule has 0 aliphatic heterocycles. The number of nitrogens with one attached hydrogen (secondary N) is 1. The topological polar surface area (TPSA) is 71.3 Å². The van der Waals surface area contributed by atoms with Crippen LogP contribution in [0.2, 0.25) is 0 Å². The second-order valence-electron chi connectivity index (χ2n) is 7.46. The van der Waals surface area contributed by atoms with Gasteiger partial charge in [-0.05, 0) is 83.5 Å². The number of carbonyl (C=O) groups excluding carboxylic acids is 1. The normalized spacial score (nSPS) is 11.9. The highest BCUT2D eigenvalue weighted by atomic mass is 127. The summed E-state index contributed by atoms with van der Waals surface area (Å²) in [5.41, 5.74) is 2.25. The van der Waals surface area contributed by atoms with Crippen molar-refractivity contribution in [2.75, 3.05) is 6.61 Å². The maximum absolute atomic E-state index is 13.5. The number of hydrogen-bond acceptors (Lipinski definition) is 4. The van der Waals surface area contributed by atoms with Crippen molar-refractivity contribution < 1.29 is 18.7 Å². The van der Waals surface area contributed by atoms with Gasteiger partial charge in [0.1, 0.15) is 24.1 Å². The summed E-state index contributed by atoms with van der Waals surface area (Å²) in [6, 6.07) is 21.0. The maximum Gasteiger partial charge on any atom is 0.262 e. The van der Waals surface area contributed by atoms with Gasteiger partial charge in [-0.1, -0.05) is 42.5 Å². The summed E-state index contributed by atoms with van der Waals surface area (Å²) < 4.78 is 25.9. The van der Waals surface area contributed by atoms with Crippen LogP contribution in [0.4, 0.5) is 4.39 Å². The van der Waals surface area contributed by atoms with Crippen molar-refractivity contribution in [2.45, 2.75) is 26.5 Å². The minimum atomic E-state index is -0.460. The first-order valence-electron chi connectivity index (χ1n) is 10.7. The number of hydrogen-bond donors (Lipinski definition) is 1. The quantitative estimate of drug-likeness (QED) is 0.189. The van der Waals surface area contributed by atoms with Gasteiger partial charge in [-0.2, -0.15) is 5.26 Å². The molecule has 0 heterocycles. The summed E-state index contributed by atoms with van der Waals surface area (Å²) in [6.45, 7) is 4.29. The molecule has 5 nitrogen and oxygen atoms in total. The smallest absolute Gasteiger partial charge is 0.262 e. The second-order valence-corrected chi connectivity index (χ2v) is 8.62. The minimum Gasteiger partial charge on any atom is -0.490 e. The fourth-order valence-electron chi connectivity index (χ4n) is 3.27. The number of rotatable bonds is 9. The van der Waals surface area contributed by atoms with Crippen LogP contribution in [0, 0.1) is 20.7 Å². The van der Waals surface area contributed by atoms with Gasteiger partial charge in [-0.3, -0.25) is 4.79 Å². The summed E-state index contributed by atoms with van der Waals surface area (Å²) >= 11 is 2.11. The van der Waals surface area contributed by atoms with Gasteiger partial charge in [-0.25, -0.2) is 4.39 Å². The lowest BCUT2D eigenvalue weighted by molar-refractivity contribution is -0.117. The predicted octanol–water partition coefficient (Wildman–Crippen LogP) is 6.19. The molecule has 1 amide bonds. The van der Waals surface area contributed by atoms with Gasteiger partial charge in [0.25, 0.3) is 5.91 Å². The van der Waals surface area contributed by atoms with Crippen molar-refractivity contribution in [3.05, 3.63) is 98.4 Å². The van der Waals surface area contributed by atoms with Gasteiger partial charge in [0.15, 0.2) is 11.5 Å². The number of carbonyl (C=O) groups is 1. The van der Waals surface area contributed by atoms with Gasteiger partial charge in [0.2, 0.25) is 0 Å². The summed E-state index contributed by atoms with van der Waals surface area (Å²) in [6.07, 6.45) is 1.52. The van der Waals surface area contributed by atoms with Crippen LogP contribution in [-0.2, 0) is 11.4 Å². The standard InChI is InChI=1S/C27H24FIN2O3/c1-3-33-25-15-20(14-24(29)26(25)34-17-19-8-7-11-23(28)13-19)12-22(16-30)27(32)31-18(2)21-9-5-4-6-10-21/h4-15,18H,3,17H2,1-2H3,(H,31,32)/b22-12-/t18-/m0/s1. The molecule has 0 radical (unpaired) electrons. The zero-order valence-corrected chi connectivity index (χ0v) is 21.0. The predicted molar refractivity (Wildman–Crippen MR) is 138 cm³/mol. The van der Waals surface area contributed by atoms with Crippen molar-refractivity contribution in [1.82, 2.24) is 5.32 Å². The third-order valence-corrected chi connectivity index (χ3v) is 5.73. The zero-order chi connectivity index (χ0) is 24.5. The summed E-state index contributed by atoms with van der Waals surface area (Å²) in [4.78, 5) is 12.7. The van der Waals surface area contributed by atoms with E-state index in [-0.39, 0.29) is 24.0 Å². The highest BCUT2D eigenvalue weighted by Gasteiger charge is 2.16. The Hall–Kier alpha value is -3.38. The van der Waals surface area contributed by atoms with Crippen LogP contribution < -0.4 is 14.8 Å². The Bertz CT molecular complexity index is 1220. The maximum atomic E-state index is 13.5. The molecule has 1 N–H and O–H groups in total. The Balaban J connectivity index is 1.82. The molecule has 34 heavy (non-hydrogen) atoms. The molecular weight excluding hydrogens is 546 g/mol. The van der Waals surface area contributed by atoms with E-state index >= 15 is 0 Å². The summed E-state index contributed by atoms with van der Waals surface area (Å²) in [5.74, 6) is 0.209. The summed E-state index contributed by atoms with van der Waals surface area (Å²) in [7, 11) is 0. The van der Waals surface area contributed by atoms with Crippen LogP contribution in [-0.4, -0.2) is 12.5 Å². The lowest BCUT2D eigenvalue weighted by Gasteiger charge is -2.15. The van der Waals surface area contributed by atoms with E-state index in [4.69, 9.17) is 9.47 Å². The Labute approximate surface area is 212 Å². The van der Waals surface area contributed by atoms with Crippen LogP contribution >= 0.6 is 22.6 Å². The van der Waals surface area contributed by atoms with Crippen molar-refractivity contribution >= 4 is 34.6 Å². The zero-order valence-electron chi connectivity index (χ0n) is 18.8. The molecule has 0 saturated carbocycles. The Kier molecular flexibility index (Phi) is 9.05. The molecule has 0 aromatic heterocycles. The Morgan fingerprint density at radius 3 is 2.59 bits per heavy atom. The number of nitriles is 1. The number of benzene rings is 3. The average Bonchev–Trinajstić information content (AvgIpc) is 2.82. The number of ether oxygens (including phenoxy) is 2. The van der Waals surface area contributed by atoms with Crippen molar-refractivity contribution in [3.8, 4) is 17.6 Å². The van der Waals surface area contributed by atoms with Gasteiger partial charge >= 0.3 is 0 Å². The largest absolute Gasteiger partial charge is 0.490 e.